The topological polar surface area (TPSA) is 107 Å². The Bertz CT molecular complexity index is 1080. The van der Waals surface area contributed by atoms with Gasteiger partial charge in [0, 0.05) is 24.0 Å². The van der Waals surface area contributed by atoms with Crippen LogP contribution in [0.5, 0.6) is 5.75 Å². The lowest BCUT2D eigenvalue weighted by Gasteiger charge is -2.21. The van der Waals surface area contributed by atoms with Crippen LogP contribution in [0.1, 0.15) is 23.9 Å². The summed E-state index contributed by atoms with van der Waals surface area (Å²) in [4.78, 5) is 4.74. The molecule has 0 radical (unpaired) electrons. The van der Waals surface area contributed by atoms with E-state index in [1.54, 1.807) is 19.1 Å². The SMILES string of the molecule is COc1ccc(S(=O)(=O)CC(Nc2nc(Cc3cccc(C)c3)ns2)C(C)N)cc1. The van der Waals surface area contributed by atoms with E-state index in [1.165, 1.54) is 36.3 Å². The highest BCUT2D eigenvalue weighted by Crippen LogP contribution is 2.20. The Labute approximate surface area is 181 Å². The minimum absolute atomic E-state index is 0.149. The van der Waals surface area contributed by atoms with E-state index in [4.69, 9.17) is 10.5 Å². The van der Waals surface area contributed by atoms with Gasteiger partial charge in [-0.2, -0.15) is 4.37 Å². The molecule has 9 heteroatoms. The van der Waals surface area contributed by atoms with Gasteiger partial charge < -0.3 is 15.8 Å². The van der Waals surface area contributed by atoms with Gasteiger partial charge in [0.1, 0.15) is 11.6 Å². The lowest BCUT2D eigenvalue weighted by Crippen LogP contribution is -2.43. The van der Waals surface area contributed by atoms with Crippen molar-refractivity contribution in [3.63, 3.8) is 0 Å². The number of sulfone groups is 1. The summed E-state index contributed by atoms with van der Waals surface area (Å²) in [5, 5.41) is 3.72. The lowest BCUT2D eigenvalue weighted by molar-refractivity contribution is 0.414. The van der Waals surface area contributed by atoms with E-state index in [1.807, 2.05) is 25.1 Å². The molecule has 0 aliphatic carbocycles. The minimum Gasteiger partial charge on any atom is -0.497 e. The van der Waals surface area contributed by atoms with Crippen LogP contribution < -0.4 is 15.8 Å². The summed E-state index contributed by atoms with van der Waals surface area (Å²) in [5.41, 5.74) is 8.38. The van der Waals surface area contributed by atoms with E-state index in [0.29, 0.717) is 23.1 Å². The van der Waals surface area contributed by atoms with Gasteiger partial charge in [0.05, 0.1) is 23.8 Å². The molecule has 3 aromatic rings. The second-order valence-corrected chi connectivity index (χ2v) is 10.0. The summed E-state index contributed by atoms with van der Waals surface area (Å²) in [6.07, 6.45) is 0.618. The van der Waals surface area contributed by atoms with E-state index in [2.05, 4.69) is 20.7 Å². The lowest BCUT2D eigenvalue weighted by atomic mass is 10.1. The molecule has 3 rings (SSSR count). The van der Waals surface area contributed by atoms with Gasteiger partial charge in [-0.25, -0.2) is 13.4 Å². The number of aryl methyl sites for hydroxylation is 1. The standard InChI is InChI=1S/C21H26N4O3S2/c1-14-5-4-6-16(11-14)12-20-24-21(29-25-20)23-19(15(2)22)13-30(26,27)18-9-7-17(28-3)8-10-18/h4-11,15,19H,12-13,22H2,1-3H3,(H,23,24,25). The Morgan fingerprint density at radius 3 is 2.57 bits per heavy atom. The van der Waals surface area contributed by atoms with E-state index in [9.17, 15) is 8.42 Å². The first kappa shape index (κ1) is 22.2. The summed E-state index contributed by atoms with van der Waals surface area (Å²) in [6, 6.07) is 13.6. The van der Waals surface area contributed by atoms with Gasteiger partial charge in [-0.05, 0) is 43.7 Å². The molecule has 160 valence electrons. The fourth-order valence-corrected chi connectivity index (χ4v) is 5.24. The number of aromatic nitrogens is 2. The first-order chi connectivity index (χ1) is 14.3. The smallest absolute Gasteiger partial charge is 0.202 e. The fourth-order valence-electron chi connectivity index (χ4n) is 2.99. The number of nitrogens with two attached hydrogens (primary N) is 1. The summed E-state index contributed by atoms with van der Waals surface area (Å²) >= 11 is 1.21. The molecule has 0 saturated heterocycles. The van der Waals surface area contributed by atoms with Crippen molar-refractivity contribution in [2.24, 2.45) is 5.73 Å². The second kappa shape index (κ2) is 9.55. The number of hydrogen-bond acceptors (Lipinski definition) is 8. The van der Waals surface area contributed by atoms with Crippen molar-refractivity contribution in [2.45, 2.75) is 37.2 Å². The third kappa shape index (κ3) is 5.78. The maximum Gasteiger partial charge on any atom is 0.202 e. The van der Waals surface area contributed by atoms with Crippen molar-refractivity contribution < 1.29 is 13.2 Å². The average Bonchev–Trinajstić information content (AvgIpc) is 3.14. The van der Waals surface area contributed by atoms with Crippen LogP contribution in [-0.2, 0) is 16.3 Å². The first-order valence-electron chi connectivity index (χ1n) is 9.54. The highest BCUT2D eigenvalue weighted by molar-refractivity contribution is 7.91. The van der Waals surface area contributed by atoms with Gasteiger partial charge in [0.25, 0.3) is 0 Å². The monoisotopic (exact) mass is 446 g/mol. The number of anilines is 1. The molecule has 0 bridgehead atoms. The molecule has 0 spiro atoms. The molecule has 0 saturated carbocycles. The summed E-state index contributed by atoms with van der Waals surface area (Å²) < 4.78 is 35.2. The van der Waals surface area contributed by atoms with Crippen LogP contribution in [0.4, 0.5) is 5.13 Å². The van der Waals surface area contributed by atoms with Crippen molar-refractivity contribution in [1.82, 2.24) is 9.36 Å². The first-order valence-corrected chi connectivity index (χ1v) is 12.0. The second-order valence-electron chi connectivity index (χ2n) is 7.25. The Kier molecular flexibility index (Phi) is 7.06. The quantitative estimate of drug-likeness (QED) is 0.520. The van der Waals surface area contributed by atoms with Gasteiger partial charge in [0.2, 0.25) is 5.13 Å². The van der Waals surface area contributed by atoms with E-state index in [0.717, 1.165) is 5.56 Å². The van der Waals surface area contributed by atoms with Crippen molar-refractivity contribution >= 4 is 26.5 Å². The number of rotatable bonds is 9. The van der Waals surface area contributed by atoms with Gasteiger partial charge in [0.15, 0.2) is 9.84 Å². The molecule has 30 heavy (non-hydrogen) atoms. The number of hydrogen-bond donors (Lipinski definition) is 2. The Morgan fingerprint density at radius 2 is 1.93 bits per heavy atom. The van der Waals surface area contributed by atoms with Crippen LogP contribution in [0, 0.1) is 6.92 Å². The molecular weight excluding hydrogens is 420 g/mol. The highest BCUT2D eigenvalue weighted by Gasteiger charge is 2.25. The third-order valence-electron chi connectivity index (χ3n) is 4.67. The van der Waals surface area contributed by atoms with E-state index < -0.39 is 21.9 Å². The fraction of sp³-hybridized carbons (Fsp3) is 0.333. The number of nitrogens with one attached hydrogen (secondary N) is 1. The molecule has 0 amide bonds. The molecule has 2 atom stereocenters. The molecule has 2 aromatic carbocycles. The molecular formula is C21H26N4O3S2. The predicted molar refractivity (Wildman–Crippen MR) is 120 cm³/mol. The molecule has 7 nitrogen and oxygen atoms in total. The van der Waals surface area contributed by atoms with Crippen LogP contribution in [-0.4, -0.2) is 42.7 Å². The predicted octanol–water partition coefficient (Wildman–Crippen LogP) is 3.05. The Hall–Kier alpha value is -2.49. The molecule has 1 aromatic heterocycles. The van der Waals surface area contributed by atoms with E-state index >= 15 is 0 Å². The largest absolute Gasteiger partial charge is 0.497 e. The highest BCUT2D eigenvalue weighted by atomic mass is 32.2. The maximum atomic E-state index is 12.8. The average molecular weight is 447 g/mol. The summed E-state index contributed by atoms with van der Waals surface area (Å²) in [6.45, 7) is 3.82. The van der Waals surface area contributed by atoms with Crippen LogP contribution in [0.25, 0.3) is 0 Å². The molecule has 0 aliphatic heterocycles. The molecule has 2 unspecified atom stereocenters. The van der Waals surface area contributed by atoms with Gasteiger partial charge in [-0.15, -0.1) is 0 Å². The van der Waals surface area contributed by atoms with Gasteiger partial charge in [-0.3, -0.25) is 0 Å². The minimum atomic E-state index is -3.54. The van der Waals surface area contributed by atoms with E-state index in [-0.39, 0.29) is 10.6 Å². The van der Waals surface area contributed by atoms with Crippen LogP contribution in [0.15, 0.2) is 53.4 Å². The summed E-state index contributed by atoms with van der Waals surface area (Å²) in [7, 11) is -2.00. The van der Waals surface area contributed by atoms with Crippen molar-refractivity contribution in [3.8, 4) is 5.75 Å². The maximum absolute atomic E-state index is 12.8. The van der Waals surface area contributed by atoms with Crippen molar-refractivity contribution in [2.75, 3.05) is 18.2 Å². The van der Waals surface area contributed by atoms with Crippen LogP contribution in [0.3, 0.4) is 0 Å². The number of methoxy groups -OCH3 is 1. The number of ether oxygens (including phenoxy) is 1. The number of nitrogens with zero attached hydrogens (tertiary/aromatic N) is 2. The summed E-state index contributed by atoms with van der Waals surface area (Å²) in [5.74, 6) is 1.14. The molecule has 3 N–H and O–H groups in total. The zero-order valence-electron chi connectivity index (χ0n) is 17.2. The zero-order chi connectivity index (χ0) is 21.7. The Morgan fingerprint density at radius 1 is 1.20 bits per heavy atom. The molecule has 0 fully saturated rings. The van der Waals surface area contributed by atoms with Crippen LogP contribution >= 0.6 is 11.5 Å². The van der Waals surface area contributed by atoms with Crippen molar-refractivity contribution in [3.05, 3.63) is 65.5 Å². The third-order valence-corrected chi connectivity index (χ3v) is 7.15. The Balaban J connectivity index is 1.70. The zero-order valence-corrected chi connectivity index (χ0v) is 18.8. The number of benzene rings is 2. The molecule has 0 aliphatic rings. The molecule has 1 heterocycles. The normalized spacial score (nSPS) is 13.6. The van der Waals surface area contributed by atoms with Gasteiger partial charge in [-0.1, -0.05) is 29.8 Å². The van der Waals surface area contributed by atoms with Crippen molar-refractivity contribution in [1.29, 1.82) is 0 Å². The van der Waals surface area contributed by atoms with Gasteiger partial charge >= 0.3 is 0 Å². The van der Waals surface area contributed by atoms with Crippen LogP contribution in [0.2, 0.25) is 0 Å².